The van der Waals surface area contributed by atoms with Crippen molar-refractivity contribution in [1.29, 1.82) is 0 Å². The smallest absolute Gasteiger partial charge is 0.149 e. The van der Waals surface area contributed by atoms with Gasteiger partial charge in [0, 0.05) is 40.3 Å². The van der Waals surface area contributed by atoms with Gasteiger partial charge in [-0.05, 0) is 54.0 Å². The Kier molecular flexibility index (Phi) is 4.92. The monoisotopic (exact) mass is 439 g/mol. The SMILES string of the molecule is CC(C)c1cc(-c2ncc(F)c3c(C4CCOCC4)cccc23)c2oc3ccccc3c2c1. The van der Waals surface area contributed by atoms with Crippen molar-refractivity contribution in [3.63, 3.8) is 0 Å². The van der Waals surface area contributed by atoms with Gasteiger partial charge in [0.25, 0.3) is 0 Å². The summed E-state index contributed by atoms with van der Waals surface area (Å²) in [5, 5.41) is 3.67. The predicted octanol–water partition coefficient (Wildman–Crippen LogP) is 7.96. The molecule has 0 atom stereocenters. The van der Waals surface area contributed by atoms with E-state index in [-0.39, 0.29) is 5.82 Å². The number of hydrogen-bond acceptors (Lipinski definition) is 3. The Balaban J connectivity index is 1.67. The first-order valence-electron chi connectivity index (χ1n) is 11.7. The number of benzene rings is 3. The molecular formula is C29H26FNO2. The molecule has 3 heterocycles. The summed E-state index contributed by atoms with van der Waals surface area (Å²) in [6, 6.07) is 18.6. The van der Waals surface area contributed by atoms with Crippen molar-refractivity contribution >= 4 is 32.7 Å². The summed E-state index contributed by atoms with van der Waals surface area (Å²) in [6.07, 6.45) is 3.19. The minimum Gasteiger partial charge on any atom is -0.455 e. The Morgan fingerprint density at radius 2 is 1.73 bits per heavy atom. The summed E-state index contributed by atoms with van der Waals surface area (Å²) in [6.45, 7) is 5.81. The standard InChI is InChI=1S/C29H26FNO2/c1-17(2)19-14-23-21-6-3-4-9-26(21)33-29(23)24(15-19)28-22-8-5-7-20(18-10-12-32-13-11-18)27(22)25(30)16-31-28/h3-9,14-18H,10-13H2,1-2H3. The number of fused-ring (bicyclic) bond motifs is 4. The Morgan fingerprint density at radius 1 is 0.939 bits per heavy atom. The van der Waals surface area contributed by atoms with Crippen LogP contribution in [-0.2, 0) is 4.74 Å². The van der Waals surface area contributed by atoms with Crippen LogP contribution in [0.1, 0.15) is 49.7 Å². The molecule has 4 heteroatoms. The van der Waals surface area contributed by atoms with Crippen molar-refractivity contribution in [2.75, 3.05) is 13.2 Å². The molecule has 1 aliphatic rings. The Labute approximate surface area is 192 Å². The number of furan rings is 1. The van der Waals surface area contributed by atoms with E-state index in [1.54, 1.807) is 0 Å². The van der Waals surface area contributed by atoms with Gasteiger partial charge in [0.05, 0.1) is 11.9 Å². The van der Waals surface area contributed by atoms with Crippen molar-refractivity contribution in [2.45, 2.75) is 38.5 Å². The van der Waals surface area contributed by atoms with E-state index in [2.05, 4.69) is 43.1 Å². The Hall–Kier alpha value is -3.24. The van der Waals surface area contributed by atoms with Crippen LogP contribution in [0, 0.1) is 5.82 Å². The maximum atomic E-state index is 15.3. The third-order valence-electron chi connectivity index (χ3n) is 6.98. The first-order chi connectivity index (χ1) is 16.1. The van der Waals surface area contributed by atoms with E-state index in [0.717, 1.165) is 70.2 Å². The zero-order valence-electron chi connectivity index (χ0n) is 18.9. The van der Waals surface area contributed by atoms with Crippen LogP contribution in [0.2, 0.25) is 0 Å². The average Bonchev–Trinajstić information content (AvgIpc) is 3.23. The lowest BCUT2D eigenvalue weighted by atomic mass is 9.87. The molecule has 5 aromatic rings. The maximum absolute atomic E-state index is 15.3. The number of para-hydroxylation sites is 1. The molecule has 1 aliphatic heterocycles. The van der Waals surface area contributed by atoms with Gasteiger partial charge in [-0.1, -0.05) is 50.2 Å². The molecule has 0 saturated carbocycles. The molecule has 2 aromatic heterocycles. The van der Waals surface area contributed by atoms with Crippen LogP contribution in [0.25, 0.3) is 44.0 Å². The average molecular weight is 440 g/mol. The fourth-order valence-corrected chi connectivity index (χ4v) is 5.21. The van der Waals surface area contributed by atoms with E-state index in [0.29, 0.717) is 17.2 Å². The zero-order valence-corrected chi connectivity index (χ0v) is 18.9. The molecular weight excluding hydrogens is 413 g/mol. The summed E-state index contributed by atoms with van der Waals surface area (Å²) in [7, 11) is 0. The fourth-order valence-electron chi connectivity index (χ4n) is 5.21. The largest absolute Gasteiger partial charge is 0.455 e. The molecule has 0 amide bonds. The van der Waals surface area contributed by atoms with E-state index >= 15 is 4.39 Å². The van der Waals surface area contributed by atoms with Gasteiger partial charge in [0.1, 0.15) is 17.0 Å². The van der Waals surface area contributed by atoms with Gasteiger partial charge in [-0.3, -0.25) is 4.98 Å². The molecule has 6 rings (SSSR count). The van der Waals surface area contributed by atoms with Crippen LogP contribution < -0.4 is 0 Å². The molecule has 33 heavy (non-hydrogen) atoms. The first kappa shape index (κ1) is 20.4. The minimum atomic E-state index is -0.267. The van der Waals surface area contributed by atoms with Crippen LogP contribution in [0.4, 0.5) is 4.39 Å². The van der Waals surface area contributed by atoms with Crippen molar-refractivity contribution in [1.82, 2.24) is 4.98 Å². The van der Waals surface area contributed by atoms with Gasteiger partial charge in [-0.25, -0.2) is 4.39 Å². The van der Waals surface area contributed by atoms with Gasteiger partial charge in [0.2, 0.25) is 0 Å². The predicted molar refractivity (Wildman–Crippen MR) is 131 cm³/mol. The lowest BCUT2D eigenvalue weighted by Crippen LogP contribution is -2.14. The third kappa shape index (κ3) is 3.32. The normalized spacial score (nSPS) is 15.3. The molecule has 3 aromatic carbocycles. The Bertz CT molecular complexity index is 1490. The van der Waals surface area contributed by atoms with Gasteiger partial charge in [0.15, 0.2) is 0 Å². The first-order valence-corrected chi connectivity index (χ1v) is 11.7. The topological polar surface area (TPSA) is 35.3 Å². The van der Waals surface area contributed by atoms with Crippen LogP contribution in [0.5, 0.6) is 0 Å². The van der Waals surface area contributed by atoms with E-state index in [1.807, 2.05) is 30.3 Å². The van der Waals surface area contributed by atoms with E-state index < -0.39 is 0 Å². The number of ether oxygens (including phenoxy) is 1. The van der Waals surface area contributed by atoms with Crippen molar-refractivity contribution in [3.8, 4) is 11.3 Å². The van der Waals surface area contributed by atoms with Gasteiger partial charge < -0.3 is 9.15 Å². The molecule has 0 spiro atoms. The maximum Gasteiger partial charge on any atom is 0.149 e. The minimum absolute atomic E-state index is 0.267. The van der Waals surface area contributed by atoms with Crippen LogP contribution in [0.15, 0.2) is 65.2 Å². The molecule has 1 saturated heterocycles. The summed E-state index contributed by atoms with van der Waals surface area (Å²) in [4.78, 5) is 4.62. The number of rotatable bonds is 3. The zero-order chi connectivity index (χ0) is 22.5. The summed E-state index contributed by atoms with van der Waals surface area (Å²) in [5.74, 6) is 0.364. The van der Waals surface area contributed by atoms with Crippen LogP contribution in [0.3, 0.4) is 0 Å². The molecule has 0 radical (unpaired) electrons. The summed E-state index contributed by atoms with van der Waals surface area (Å²) >= 11 is 0. The fraction of sp³-hybridized carbons (Fsp3) is 0.276. The van der Waals surface area contributed by atoms with Crippen molar-refractivity contribution < 1.29 is 13.5 Å². The van der Waals surface area contributed by atoms with Crippen LogP contribution in [-0.4, -0.2) is 18.2 Å². The van der Waals surface area contributed by atoms with Gasteiger partial charge >= 0.3 is 0 Å². The summed E-state index contributed by atoms with van der Waals surface area (Å²) < 4.78 is 27.2. The third-order valence-corrected chi connectivity index (χ3v) is 6.98. The molecule has 0 aliphatic carbocycles. The van der Waals surface area contributed by atoms with Gasteiger partial charge in [-0.2, -0.15) is 0 Å². The van der Waals surface area contributed by atoms with E-state index in [4.69, 9.17) is 9.15 Å². The van der Waals surface area contributed by atoms with Crippen LogP contribution >= 0.6 is 0 Å². The molecule has 3 nitrogen and oxygen atoms in total. The van der Waals surface area contributed by atoms with Gasteiger partial charge in [-0.15, -0.1) is 0 Å². The number of nitrogens with zero attached hydrogens (tertiary/aromatic N) is 1. The summed E-state index contributed by atoms with van der Waals surface area (Å²) in [5.41, 5.74) is 5.61. The highest BCUT2D eigenvalue weighted by Gasteiger charge is 2.23. The van der Waals surface area contributed by atoms with E-state index in [1.165, 1.54) is 11.8 Å². The quantitative estimate of drug-likeness (QED) is 0.286. The molecule has 0 bridgehead atoms. The molecule has 166 valence electrons. The second kappa shape index (κ2) is 7.96. The molecule has 0 N–H and O–H groups in total. The second-order valence-electron chi connectivity index (χ2n) is 9.31. The number of aromatic nitrogens is 1. The lowest BCUT2D eigenvalue weighted by Gasteiger charge is -2.24. The number of pyridine rings is 1. The molecule has 0 unspecified atom stereocenters. The van der Waals surface area contributed by atoms with Crippen molar-refractivity contribution in [2.24, 2.45) is 0 Å². The van der Waals surface area contributed by atoms with E-state index in [9.17, 15) is 0 Å². The molecule has 1 fully saturated rings. The number of halogens is 1. The number of hydrogen-bond donors (Lipinski definition) is 0. The Morgan fingerprint density at radius 3 is 2.55 bits per heavy atom. The van der Waals surface area contributed by atoms with Crippen molar-refractivity contribution in [3.05, 3.63) is 77.7 Å². The highest BCUT2D eigenvalue weighted by Crippen LogP contribution is 2.42. The highest BCUT2D eigenvalue weighted by molar-refractivity contribution is 6.12. The second-order valence-corrected chi connectivity index (χ2v) is 9.31. The lowest BCUT2D eigenvalue weighted by molar-refractivity contribution is 0.0856. The highest BCUT2D eigenvalue weighted by atomic mass is 19.1.